The van der Waals surface area contributed by atoms with Crippen LogP contribution in [-0.4, -0.2) is 30.3 Å². The lowest BCUT2D eigenvalue weighted by Gasteiger charge is -2.10. The highest BCUT2D eigenvalue weighted by molar-refractivity contribution is 7.91. The molecule has 0 radical (unpaired) electrons. The molecular weight excluding hydrogens is 404 g/mol. The molecule has 1 aromatic heterocycles. The number of sulfone groups is 1. The van der Waals surface area contributed by atoms with Crippen LogP contribution in [0.5, 0.6) is 5.75 Å². The summed E-state index contributed by atoms with van der Waals surface area (Å²) in [7, 11) is -3.48. The van der Waals surface area contributed by atoms with Crippen molar-refractivity contribution in [3.63, 3.8) is 0 Å². The predicted octanol–water partition coefficient (Wildman–Crippen LogP) is 4.25. The highest BCUT2D eigenvalue weighted by Gasteiger charge is 2.17. The average molecular weight is 422 g/mol. The first-order valence-electron chi connectivity index (χ1n) is 9.21. The van der Waals surface area contributed by atoms with Crippen LogP contribution in [-0.2, 0) is 9.84 Å². The molecule has 0 spiro atoms. The van der Waals surface area contributed by atoms with E-state index in [0.29, 0.717) is 22.2 Å². The molecule has 4 rings (SSSR count). The number of rotatable bonds is 5. The number of benzene rings is 3. The number of fused-ring (bicyclic) bond motifs is 1. The van der Waals surface area contributed by atoms with Gasteiger partial charge in [0.25, 0.3) is 5.91 Å². The normalized spacial score (nSPS) is 11.5. The Morgan fingerprint density at radius 1 is 1.07 bits per heavy atom. The second-order valence-corrected chi connectivity index (χ2v) is 8.92. The van der Waals surface area contributed by atoms with Gasteiger partial charge in [0, 0.05) is 11.1 Å². The third-order valence-electron chi connectivity index (χ3n) is 4.73. The van der Waals surface area contributed by atoms with Gasteiger partial charge in [0.15, 0.2) is 15.6 Å². The smallest absolute Gasteiger partial charge is 0.255 e. The quantitative estimate of drug-likeness (QED) is 0.466. The number of nitrogens with zero attached hydrogens (tertiary/aromatic N) is 1. The van der Waals surface area contributed by atoms with Crippen molar-refractivity contribution in [3.8, 4) is 17.1 Å². The van der Waals surface area contributed by atoms with Crippen molar-refractivity contribution in [1.82, 2.24) is 5.16 Å². The molecule has 2 N–H and O–H groups in total. The standard InChI is InChI=1S/C22H18N2O5S/c1-2-30(27,28)16-9-11-20(25)19(13-16)23-22(26)15-8-10-18-17(12-15)21(29-24-18)14-6-4-3-5-7-14/h3-13,25H,2H2,1H3,(H,23,26). The van der Waals surface area contributed by atoms with Crippen LogP contribution < -0.4 is 5.32 Å². The van der Waals surface area contributed by atoms with Gasteiger partial charge in [-0.3, -0.25) is 4.79 Å². The lowest BCUT2D eigenvalue weighted by atomic mass is 10.1. The summed E-state index contributed by atoms with van der Waals surface area (Å²) in [5.74, 6) is -0.274. The van der Waals surface area contributed by atoms with Crippen molar-refractivity contribution in [3.05, 3.63) is 72.3 Å². The number of amides is 1. The van der Waals surface area contributed by atoms with Gasteiger partial charge in [-0.2, -0.15) is 0 Å². The Balaban J connectivity index is 1.68. The number of anilines is 1. The summed E-state index contributed by atoms with van der Waals surface area (Å²) >= 11 is 0. The summed E-state index contributed by atoms with van der Waals surface area (Å²) in [6, 6.07) is 18.1. The van der Waals surface area contributed by atoms with Crippen molar-refractivity contribution < 1.29 is 22.8 Å². The van der Waals surface area contributed by atoms with E-state index in [1.807, 2.05) is 30.3 Å². The Hall–Kier alpha value is -3.65. The maximum atomic E-state index is 12.8. The van der Waals surface area contributed by atoms with Gasteiger partial charge in [-0.15, -0.1) is 0 Å². The van der Waals surface area contributed by atoms with Gasteiger partial charge < -0.3 is 14.9 Å². The number of hydrogen-bond acceptors (Lipinski definition) is 6. The number of hydrogen-bond donors (Lipinski definition) is 2. The maximum absolute atomic E-state index is 12.8. The Bertz CT molecular complexity index is 1340. The fourth-order valence-electron chi connectivity index (χ4n) is 3.05. The van der Waals surface area contributed by atoms with Gasteiger partial charge in [-0.1, -0.05) is 42.4 Å². The number of phenolic OH excluding ortho intramolecular Hbond substituents is 1. The molecule has 1 heterocycles. The molecule has 0 fully saturated rings. The van der Waals surface area contributed by atoms with E-state index in [0.717, 1.165) is 5.56 Å². The van der Waals surface area contributed by atoms with Gasteiger partial charge >= 0.3 is 0 Å². The summed E-state index contributed by atoms with van der Waals surface area (Å²) in [6.45, 7) is 1.53. The van der Waals surface area contributed by atoms with Crippen LogP contribution in [0.25, 0.3) is 22.2 Å². The first-order chi connectivity index (χ1) is 14.4. The van der Waals surface area contributed by atoms with Crippen LogP contribution in [0.15, 0.2) is 76.1 Å². The Morgan fingerprint density at radius 2 is 1.83 bits per heavy atom. The number of phenols is 1. The summed E-state index contributed by atoms with van der Waals surface area (Å²) in [5.41, 5.74) is 1.76. The van der Waals surface area contributed by atoms with E-state index in [4.69, 9.17) is 4.52 Å². The molecule has 152 valence electrons. The zero-order chi connectivity index (χ0) is 21.3. The fraction of sp³-hybridized carbons (Fsp3) is 0.0909. The SMILES string of the molecule is CCS(=O)(=O)c1ccc(O)c(NC(=O)c2ccc3noc(-c4ccccc4)c3c2)c1. The summed E-state index contributed by atoms with van der Waals surface area (Å²) in [5, 5.41) is 17.3. The molecule has 0 aliphatic heterocycles. The highest BCUT2D eigenvalue weighted by atomic mass is 32.2. The molecule has 0 bridgehead atoms. The minimum Gasteiger partial charge on any atom is -0.506 e. The minimum absolute atomic E-state index is 0.0169. The van der Waals surface area contributed by atoms with Crippen molar-refractivity contribution in [2.45, 2.75) is 11.8 Å². The van der Waals surface area contributed by atoms with E-state index in [1.54, 1.807) is 18.2 Å². The fourth-order valence-corrected chi connectivity index (χ4v) is 3.96. The van der Waals surface area contributed by atoms with Gasteiger partial charge in [0.1, 0.15) is 11.3 Å². The average Bonchev–Trinajstić information content (AvgIpc) is 3.19. The molecular formula is C22H18N2O5S. The lowest BCUT2D eigenvalue weighted by molar-refractivity contribution is 0.102. The largest absolute Gasteiger partial charge is 0.506 e. The summed E-state index contributed by atoms with van der Waals surface area (Å²) in [6.07, 6.45) is 0. The molecule has 1 amide bonds. The third-order valence-corrected chi connectivity index (χ3v) is 6.46. The maximum Gasteiger partial charge on any atom is 0.255 e. The second kappa shape index (κ2) is 7.64. The van der Waals surface area contributed by atoms with Gasteiger partial charge in [-0.05, 0) is 36.4 Å². The summed E-state index contributed by atoms with van der Waals surface area (Å²) in [4.78, 5) is 12.8. The van der Waals surface area contributed by atoms with Gasteiger partial charge in [0.05, 0.1) is 21.7 Å². The van der Waals surface area contributed by atoms with Crippen LogP contribution in [0.1, 0.15) is 17.3 Å². The highest BCUT2D eigenvalue weighted by Crippen LogP contribution is 2.31. The minimum atomic E-state index is -3.48. The van der Waals surface area contributed by atoms with E-state index in [2.05, 4.69) is 10.5 Å². The first-order valence-corrected chi connectivity index (χ1v) is 10.9. The predicted molar refractivity (Wildman–Crippen MR) is 113 cm³/mol. The topological polar surface area (TPSA) is 110 Å². The van der Waals surface area contributed by atoms with Crippen LogP contribution in [0.2, 0.25) is 0 Å². The molecule has 30 heavy (non-hydrogen) atoms. The molecule has 0 unspecified atom stereocenters. The molecule has 0 aliphatic rings. The molecule has 7 nitrogen and oxygen atoms in total. The number of aromatic nitrogens is 1. The van der Waals surface area contributed by atoms with E-state index < -0.39 is 15.7 Å². The van der Waals surface area contributed by atoms with Gasteiger partial charge in [-0.25, -0.2) is 8.42 Å². The molecule has 0 aliphatic carbocycles. The molecule has 0 saturated heterocycles. The Kier molecular flexibility index (Phi) is 5.01. The second-order valence-electron chi connectivity index (χ2n) is 6.65. The van der Waals surface area contributed by atoms with Crippen molar-refractivity contribution in [2.75, 3.05) is 11.1 Å². The Labute approximate surface area is 172 Å². The molecule has 8 heteroatoms. The monoisotopic (exact) mass is 422 g/mol. The van der Waals surface area contributed by atoms with Crippen LogP contribution in [0.3, 0.4) is 0 Å². The Morgan fingerprint density at radius 3 is 2.57 bits per heavy atom. The molecule has 3 aromatic carbocycles. The van der Waals surface area contributed by atoms with Crippen molar-refractivity contribution >= 4 is 32.3 Å². The number of carbonyl (C=O) groups excluding carboxylic acids is 1. The number of carbonyl (C=O) groups is 1. The zero-order valence-electron chi connectivity index (χ0n) is 16.0. The number of aromatic hydroxyl groups is 1. The van der Waals surface area contributed by atoms with Crippen molar-refractivity contribution in [1.29, 1.82) is 0 Å². The van der Waals surface area contributed by atoms with Crippen molar-refractivity contribution in [2.24, 2.45) is 0 Å². The van der Waals surface area contributed by atoms with Crippen LogP contribution in [0.4, 0.5) is 5.69 Å². The molecule has 4 aromatic rings. The van der Waals surface area contributed by atoms with E-state index in [-0.39, 0.29) is 22.1 Å². The molecule has 0 atom stereocenters. The third kappa shape index (κ3) is 3.65. The zero-order valence-corrected chi connectivity index (χ0v) is 16.8. The van der Waals surface area contributed by atoms with E-state index in [1.165, 1.54) is 25.1 Å². The lowest BCUT2D eigenvalue weighted by Crippen LogP contribution is -2.13. The van der Waals surface area contributed by atoms with Gasteiger partial charge in [0.2, 0.25) is 0 Å². The molecule has 0 saturated carbocycles. The van der Waals surface area contributed by atoms with E-state index >= 15 is 0 Å². The van der Waals surface area contributed by atoms with E-state index in [9.17, 15) is 18.3 Å². The summed E-state index contributed by atoms with van der Waals surface area (Å²) < 4.78 is 29.6. The van der Waals surface area contributed by atoms with Crippen LogP contribution in [0, 0.1) is 0 Å². The first kappa shape index (κ1) is 19.7. The number of nitrogens with one attached hydrogen (secondary N) is 1. The van der Waals surface area contributed by atoms with Crippen LogP contribution >= 0.6 is 0 Å².